The first-order valence-electron chi connectivity index (χ1n) is 4.51. The minimum absolute atomic E-state index is 0.0541. The number of halogens is 1. The summed E-state index contributed by atoms with van der Waals surface area (Å²) in [6.07, 6.45) is 0. The molecular weight excluding hydrogens is 197 g/mol. The number of nitriles is 1. The number of esters is 1. The minimum Gasteiger partial charge on any atom is -0.465 e. The summed E-state index contributed by atoms with van der Waals surface area (Å²) in [6, 6.07) is 7.41. The van der Waals surface area contributed by atoms with Crippen molar-refractivity contribution in [2.24, 2.45) is 0 Å². The van der Waals surface area contributed by atoms with Crippen LogP contribution in [0, 0.1) is 17.1 Å². The van der Waals surface area contributed by atoms with Crippen LogP contribution in [0.25, 0.3) is 0 Å². The molecule has 4 heteroatoms. The third kappa shape index (κ3) is 2.53. The maximum atomic E-state index is 13.3. The van der Waals surface area contributed by atoms with E-state index >= 15 is 0 Å². The van der Waals surface area contributed by atoms with Gasteiger partial charge in [-0.1, -0.05) is 18.2 Å². The molecule has 0 amide bonds. The molecule has 3 nitrogen and oxygen atoms in total. The van der Waals surface area contributed by atoms with Crippen LogP contribution >= 0.6 is 0 Å². The van der Waals surface area contributed by atoms with Crippen molar-refractivity contribution in [1.82, 2.24) is 0 Å². The highest BCUT2D eigenvalue weighted by Gasteiger charge is 2.24. The summed E-state index contributed by atoms with van der Waals surface area (Å²) >= 11 is 0. The topological polar surface area (TPSA) is 50.1 Å². The summed E-state index contributed by atoms with van der Waals surface area (Å²) in [5.41, 5.74) is 0.0541. The van der Waals surface area contributed by atoms with E-state index in [4.69, 9.17) is 5.26 Å². The standard InChI is InChI=1S/C11H10FNO2/c1-2-15-11(14)9(7-13)8-5-3-4-6-10(8)12/h3-6,9H,2H2,1H3. The average Bonchev–Trinajstić information content (AvgIpc) is 2.22. The van der Waals surface area contributed by atoms with Crippen LogP contribution in [-0.2, 0) is 9.53 Å². The van der Waals surface area contributed by atoms with Gasteiger partial charge in [0.2, 0.25) is 0 Å². The molecular formula is C11H10FNO2. The third-order valence-electron chi connectivity index (χ3n) is 1.87. The van der Waals surface area contributed by atoms with E-state index in [-0.39, 0.29) is 12.2 Å². The highest BCUT2D eigenvalue weighted by molar-refractivity contribution is 5.81. The Morgan fingerprint density at radius 1 is 1.60 bits per heavy atom. The number of carbonyl (C=O) groups is 1. The number of carbonyl (C=O) groups excluding carboxylic acids is 1. The molecule has 0 aliphatic rings. The van der Waals surface area contributed by atoms with Crippen molar-refractivity contribution >= 4 is 5.97 Å². The fourth-order valence-electron chi connectivity index (χ4n) is 1.18. The average molecular weight is 207 g/mol. The number of ether oxygens (including phenoxy) is 1. The first kappa shape index (κ1) is 11.2. The minimum atomic E-state index is -1.19. The zero-order valence-electron chi connectivity index (χ0n) is 8.24. The number of hydrogen-bond acceptors (Lipinski definition) is 3. The van der Waals surface area contributed by atoms with Crippen molar-refractivity contribution < 1.29 is 13.9 Å². The van der Waals surface area contributed by atoms with Gasteiger partial charge in [-0.15, -0.1) is 0 Å². The Kier molecular flexibility index (Phi) is 3.81. The fourth-order valence-corrected chi connectivity index (χ4v) is 1.18. The van der Waals surface area contributed by atoms with Gasteiger partial charge >= 0.3 is 5.97 Å². The Labute approximate surface area is 87.1 Å². The largest absolute Gasteiger partial charge is 0.465 e. The van der Waals surface area contributed by atoms with Gasteiger partial charge < -0.3 is 4.74 Å². The highest BCUT2D eigenvalue weighted by Crippen LogP contribution is 2.19. The Morgan fingerprint density at radius 3 is 2.80 bits per heavy atom. The molecule has 15 heavy (non-hydrogen) atoms. The van der Waals surface area contributed by atoms with Crippen LogP contribution in [0.1, 0.15) is 18.4 Å². The Morgan fingerprint density at radius 2 is 2.27 bits per heavy atom. The van der Waals surface area contributed by atoms with Crippen molar-refractivity contribution in [2.75, 3.05) is 6.61 Å². The van der Waals surface area contributed by atoms with Crippen molar-refractivity contribution in [3.63, 3.8) is 0 Å². The molecule has 78 valence electrons. The Bertz CT molecular complexity index is 398. The lowest BCUT2D eigenvalue weighted by molar-refractivity contribution is -0.143. The molecule has 1 aromatic rings. The predicted octanol–water partition coefficient (Wildman–Crippen LogP) is 2.00. The molecule has 0 fully saturated rings. The van der Waals surface area contributed by atoms with E-state index in [2.05, 4.69) is 4.74 Å². The van der Waals surface area contributed by atoms with Crippen molar-refractivity contribution in [1.29, 1.82) is 5.26 Å². The molecule has 0 bridgehead atoms. The van der Waals surface area contributed by atoms with Crippen LogP contribution in [0.2, 0.25) is 0 Å². The van der Waals surface area contributed by atoms with Crippen molar-refractivity contribution in [2.45, 2.75) is 12.8 Å². The molecule has 0 radical (unpaired) electrons. The Balaban J connectivity index is 2.99. The predicted molar refractivity (Wildman–Crippen MR) is 51.4 cm³/mol. The second-order valence-corrected chi connectivity index (χ2v) is 2.84. The van der Waals surface area contributed by atoms with Crippen LogP contribution < -0.4 is 0 Å². The molecule has 0 N–H and O–H groups in total. The SMILES string of the molecule is CCOC(=O)C(C#N)c1ccccc1F. The lowest BCUT2D eigenvalue weighted by atomic mass is 10.0. The van der Waals surface area contributed by atoms with E-state index in [1.165, 1.54) is 18.2 Å². The number of benzene rings is 1. The summed E-state index contributed by atoms with van der Waals surface area (Å²) < 4.78 is 17.9. The summed E-state index contributed by atoms with van der Waals surface area (Å²) in [5.74, 6) is -2.48. The van der Waals surface area contributed by atoms with Gasteiger partial charge in [0.25, 0.3) is 0 Å². The maximum Gasteiger partial charge on any atom is 0.328 e. The first-order valence-corrected chi connectivity index (χ1v) is 4.51. The van der Waals surface area contributed by atoms with Crippen molar-refractivity contribution in [3.05, 3.63) is 35.6 Å². The lowest BCUT2D eigenvalue weighted by Gasteiger charge is -2.08. The van der Waals surface area contributed by atoms with Gasteiger partial charge in [-0.05, 0) is 13.0 Å². The number of hydrogen-bond donors (Lipinski definition) is 0. The van der Waals surface area contributed by atoms with E-state index in [9.17, 15) is 9.18 Å². The van der Waals surface area contributed by atoms with Gasteiger partial charge in [0.1, 0.15) is 5.82 Å². The summed E-state index contributed by atoms with van der Waals surface area (Å²) in [7, 11) is 0. The monoisotopic (exact) mass is 207 g/mol. The molecule has 0 heterocycles. The smallest absolute Gasteiger partial charge is 0.328 e. The van der Waals surface area contributed by atoms with E-state index in [0.29, 0.717) is 0 Å². The molecule has 0 saturated heterocycles. The quantitative estimate of drug-likeness (QED) is 0.712. The molecule has 1 atom stereocenters. The zero-order valence-corrected chi connectivity index (χ0v) is 8.24. The lowest BCUT2D eigenvalue weighted by Crippen LogP contribution is -2.15. The van der Waals surface area contributed by atoms with Gasteiger partial charge in [0.15, 0.2) is 5.92 Å². The van der Waals surface area contributed by atoms with E-state index in [1.807, 2.05) is 0 Å². The third-order valence-corrected chi connectivity index (χ3v) is 1.87. The molecule has 0 aromatic heterocycles. The molecule has 0 spiro atoms. The van der Waals surface area contributed by atoms with E-state index < -0.39 is 17.7 Å². The number of rotatable bonds is 3. The molecule has 1 aromatic carbocycles. The zero-order chi connectivity index (χ0) is 11.3. The maximum absolute atomic E-state index is 13.3. The molecule has 0 aliphatic heterocycles. The second kappa shape index (κ2) is 5.11. The van der Waals surface area contributed by atoms with Gasteiger partial charge in [0, 0.05) is 5.56 Å². The van der Waals surface area contributed by atoms with Crippen LogP contribution in [0.4, 0.5) is 4.39 Å². The second-order valence-electron chi connectivity index (χ2n) is 2.84. The summed E-state index contributed by atoms with van der Waals surface area (Å²) in [4.78, 5) is 11.3. The fraction of sp³-hybridized carbons (Fsp3) is 0.273. The first-order chi connectivity index (χ1) is 7.20. The summed E-state index contributed by atoms with van der Waals surface area (Å²) in [5, 5.41) is 8.78. The summed E-state index contributed by atoms with van der Waals surface area (Å²) in [6.45, 7) is 1.80. The Hall–Kier alpha value is -1.89. The van der Waals surface area contributed by atoms with Crippen molar-refractivity contribution in [3.8, 4) is 6.07 Å². The van der Waals surface area contributed by atoms with Gasteiger partial charge in [-0.2, -0.15) is 5.26 Å². The number of nitrogens with zero attached hydrogens (tertiary/aromatic N) is 1. The van der Waals surface area contributed by atoms with Crippen LogP contribution in [0.3, 0.4) is 0 Å². The van der Waals surface area contributed by atoms with Crippen LogP contribution in [-0.4, -0.2) is 12.6 Å². The highest BCUT2D eigenvalue weighted by atomic mass is 19.1. The van der Waals surface area contributed by atoms with E-state index in [1.54, 1.807) is 19.1 Å². The molecule has 1 unspecified atom stereocenters. The molecule has 1 rings (SSSR count). The molecule has 0 aliphatic carbocycles. The van der Waals surface area contributed by atoms with E-state index in [0.717, 1.165) is 0 Å². The van der Waals surface area contributed by atoms with Gasteiger partial charge in [-0.25, -0.2) is 4.39 Å². The van der Waals surface area contributed by atoms with Crippen LogP contribution in [0.5, 0.6) is 0 Å². The van der Waals surface area contributed by atoms with Gasteiger partial charge in [-0.3, -0.25) is 4.79 Å². The van der Waals surface area contributed by atoms with Crippen LogP contribution in [0.15, 0.2) is 24.3 Å². The normalized spacial score (nSPS) is 11.5. The van der Waals surface area contributed by atoms with Gasteiger partial charge in [0.05, 0.1) is 12.7 Å². The molecule has 0 saturated carbocycles.